The van der Waals surface area contributed by atoms with Gasteiger partial charge in [0.15, 0.2) is 0 Å². The van der Waals surface area contributed by atoms with E-state index in [9.17, 15) is 13.2 Å². The lowest BCUT2D eigenvalue weighted by molar-refractivity contribution is -0.116. The molecule has 7 nitrogen and oxygen atoms in total. The van der Waals surface area contributed by atoms with Crippen molar-refractivity contribution in [3.63, 3.8) is 0 Å². The molecule has 1 fully saturated rings. The summed E-state index contributed by atoms with van der Waals surface area (Å²) in [5.74, 6) is 0.568. The topological polar surface area (TPSA) is 84.3 Å². The van der Waals surface area contributed by atoms with E-state index in [-0.39, 0.29) is 5.91 Å². The second-order valence-electron chi connectivity index (χ2n) is 8.47. The zero-order chi connectivity index (χ0) is 23.3. The molecule has 8 heteroatoms. The highest BCUT2D eigenvalue weighted by molar-refractivity contribution is 7.89. The maximum atomic E-state index is 12.8. The number of benzene rings is 2. The molecule has 2 heterocycles. The first kappa shape index (κ1) is 23.2. The zero-order valence-corrected chi connectivity index (χ0v) is 19.7. The number of sulfonamides is 1. The van der Waals surface area contributed by atoms with E-state index in [1.165, 1.54) is 0 Å². The van der Waals surface area contributed by atoms with Crippen LogP contribution in [0.2, 0.25) is 0 Å². The van der Waals surface area contributed by atoms with Crippen LogP contribution >= 0.6 is 0 Å². The number of carbonyl (C=O) groups is 1. The molecule has 0 saturated carbocycles. The molecule has 4 rings (SSSR count). The van der Waals surface area contributed by atoms with Crippen molar-refractivity contribution >= 4 is 21.7 Å². The van der Waals surface area contributed by atoms with Gasteiger partial charge in [-0.15, -0.1) is 0 Å². The highest BCUT2D eigenvalue weighted by atomic mass is 32.2. The van der Waals surface area contributed by atoms with Crippen LogP contribution in [0.15, 0.2) is 65.6 Å². The Morgan fingerprint density at radius 3 is 2.36 bits per heavy atom. The van der Waals surface area contributed by atoms with E-state index in [4.69, 9.17) is 0 Å². The predicted molar refractivity (Wildman–Crippen MR) is 129 cm³/mol. The Hall–Kier alpha value is -2.97. The number of aromatic nitrogens is 2. The lowest BCUT2D eigenvalue weighted by Crippen LogP contribution is -2.35. The number of hydrogen-bond acceptors (Lipinski definition) is 4. The number of hydrogen-bond donors (Lipinski definition) is 1. The molecule has 0 unspecified atom stereocenters. The molecule has 33 heavy (non-hydrogen) atoms. The van der Waals surface area contributed by atoms with Crippen molar-refractivity contribution in [3.05, 3.63) is 77.5 Å². The summed E-state index contributed by atoms with van der Waals surface area (Å²) < 4.78 is 28.9. The Bertz CT molecular complexity index is 1180. The van der Waals surface area contributed by atoms with Crippen molar-refractivity contribution < 1.29 is 13.2 Å². The Labute approximate surface area is 195 Å². The average Bonchev–Trinajstić information content (AvgIpc) is 3.17. The number of amides is 1. The first-order valence-electron chi connectivity index (χ1n) is 11.4. The van der Waals surface area contributed by atoms with Crippen molar-refractivity contribution in [1.82, 2.24) is 14.1 Å². The van der Waals surface area contributed by atoms with Gasteiger partial charge in [-0.1, -0.05) is 48.9 Å². The molecule has 0 atom stereocenters. The Morgan fingerprint density at radius 2 is 1.67 bits per heavy atom. The molecule has 0 radical (unpaired) electrons. The minimum absolute atomic E-state index is 0.103. The normalized spacial score (nSPS) is 14.8. The molecule has 0 aliphatic carbocycles. The van der Waals surface area contributed by atoms with E-state index in [0.717, 1.165) is 36.1 Å². The summed E-state index contributed by atoms with van der Waals surface area (Å²) in [5.41, 5.74) is 2.87. The van der Waals surface area contributed by atoms with Crippen molar-refractivity contribution in [1.29, 1.82) is 0 Å². The number of anilines is 1. The lowest BCUT2D eigenvalue weighted by atomic mass is 10.1. The molecular formula is C25H30N4O3S. The highest BCUT2D eigenvalue weighted by Gasteiger charge is 2.25. The number of rotatable bonds is 8. The molecule has 3 aromatic rings. The number of piperidine rings is 1. The molecule has 174 valence electrons. The number of carbonyl (C=O) groups excluding carboxylic acids is 1. The fourth-order valence-electron chi connectivity index (χ4n) is 4.07. The second-order valence-corrected chi connectivity index (χ2v) is 10.4. The van der Waals surface area contributed by atoms with Gasteiger partial charge in [0, 0.05) is 25.6 Å². The molecule has 0 bridgehead atoms. The third-order valence-electron chi connectivity index (χ3n) is 5.86. The number of nitrogens with zero attached hydrogens (tertiary/aromatic N) is 3. The molecule has 1 N–H and O–H groups in total. The Morgan fingerprint density at radius 1 is 0.970 bits per heavy atom. The minimum Gasteiger partial charge on any atom is -0.311 e. The van der Waals surface area contributed by atoms with Crippen LogP contribution in [0.3, 0.4) is 0 Å². The monoisotopic (exact) mass is 466 g/mol. The summed E-state index contributed by atoms with van der Waals surface area (Å²) in [6.07, 6.45) is 3.74. The number of aryl methyl sites for hydroxylation is 2. The van der Waals surface area contributed by atoms with Crippen molar-refractivity contribution in [2.24, 2.45) is 0 Å². The molecule has 1 aromatic heterocycles. The van der Waals surface area contributed by atoms with E-state index in [0.29, 0.717) is 43.2 Å². The fraction of sp³-hybridized carbons (Fsp3) is 0.360. The molecule has 1 aliphatic heterocycles. The second kappa shape index (κ2) is 10.3. The summed E-state index contributed by atoms with van der Waals surface area (Å²) >= 11 is 0. The van der Waals surface area contributed by atoms with Crippen molar-refractivity contribution in [2.75, 3.05) is 18.4 Å². The van der Waals surface area contributed by atoms with E-state index >= 15 is 0 Å². The smallest absolute Gasteiger partial charge is 0.243 e. The van der Waals surface area contributed by atoms with Gasteiger partial charge in [-0.3, -0.25) is 4.79 Å². The number of nitrogens with one attached hydrogen (secondary N) is 1. The van der Waals surface area contributed by atoms with Gasteiger partial charge in [-0.25, -0.2) is 13.1 Å². The summed E-state index contributed by atoms with van der Waals surface area (Å²) in [6.45, 7) is 3.66. The summed E-state index contributed by atoms with van der Waals surface area (Å²) in [5, 5.41) is 7.45. The van der Waals surface area contributed by atoms with Gasteiger partial charge in [0.05, 0.1) is 17.1 Å². The van der Waals surface area contributed by atoms with E-state index in [2.05, 4.69) is 10.4 Å². The third-order valence-corrected chi connectivity index (χ3v) is 7.77. The largest absolute Gasteiger partial charge is 0.311 e. The van der Waals surface area contributed by atoms with Gasteiger partial charge < -0.3 is 5.32 Å². The van der Waals surface area contributed by atoms with Gasteiger partial charge in [0.25, 0.3) is 0 Å². The lowest BCUT2D eigenvalue weighted by Gasteiger charge is -2.25. The third kappa shape index (κ3) is 5.89. The van der Waals surface area contributed by atoms with Crippen molar-refractivity contribution in [2.45, 2.75) is 50.5 Å². The minimum atomic E-state index is -3.43. The molecule has 1 saturated heterocycles. The van der Waals surface area contributed by atoms with Crippen molar-refractivity contribution in [3.8, 4) is 0 Å². The standard InChI is InChI=1S/C25H30N4O3S/c1-20-18-24(29(27-20)19-22-8-4-2-5-9-22)26-25(30)15-12-21-10-13-23(14-11-21)33(31,32)28-16-6-3-7-17-28/h2,4-5,8-11,13-14,18H,3,6-7,12,15-17,19H2,1H3,(H,26,30). The fourth-order valence-corrected chi connectivity index (χ4v) is 5.59. The molecule has 1 amide bonds. The molecule has 0 spiro atoms. The van der Waals surface area contributed by atoms with Crippen LogP contribution in [0, 0.1) is 6.92 Å². The molecular weight excluding hydrogens is 436 g/mol. The zero-order valence-electron chi connectivity index (χ0n) is 18.9. The highest BCUT2D eigenvalue weighted by Crippen LogP contribution is 2.21. The van der Waals surface area contributed by atoms with Gasteiger partial charge in [-0.05, 0) is 49.4 Å². The Balaban J connectivity index is 1.34. The predicted octanol–water partition coefficient (Wildman–Crippen LogP) is 3.99. The first-order valence-corrected chi connectivity index (χ1v) is 12.8. The summed E-state index contributed by atoms with van der Waals surface area (Å²) in [6, 6.07) is 18.7. The van der Waals surface area contributed by atoms with Gasteiger partial charge in [0.1, 0.15) is 5.82 Å². The first-order chi connectivity index (χ1) is 15.9. The van der Waals surface area contributed by atoms with Crippen LogP contribution in [0.4, 0.5) is 5.82 Å². The summed E-state index contributed by atoms with van der Waals surface area (Å²) in [4.78, 5) is 12.9. The molecule has 1 aliphatic rings. The van der Waals surface area contributed by atoms with E-state index in [1.807, 2.05) is 43.3 Å². The SMILES string of the molecule is Cc1cc(NC(=O)CCc2ccc(S(=O)(=O)N3CCCCC3)cc2)n(Cc2ccccc2)n1. The van der Waals surface area contributed by atoms with Crippen LogP contribution in [0.1, 0.15) is 42.5 Å². The van der Waals surface area contributed by atoms with Gasteiger partial charge >= 0.3 is 0 Å². The van der Waals surface area contributed by atoms with E-state index < -0.39 is 10.0 Å². The van der Waals surface area contributed by atoms with Gasteiger partial charge in [0.2, 0.25) is 15.9 Å². The quantitative estimate of drug-likeness (QED) is 0.544. The van der Waals surface area contributed by atoms with Crippen LogP contribution in [0.5, 0.6) is 0 Å². The van der Waals surface area contributed by atoms with Gasteiger partial charge in [-0.2, -0.15) is 9.40 Å². The van der Waals surface area contributed by atoms with E-state index in [1.54, 1.807) is 33.3 Å². The Kier molecular flexibility index (Phi) is 7.25. The average molecular weight is 467 g/mol. The summed E-state index contributed by atoms with van der Waals surface area (Å²) in [7, 11) is -3.43. The maximum absolute atomic E-state index is 12.8. The van der Waals surface area contributed by atoms with Crippen LogP contribution in [-0.4, -0.2) is 41.5 Å². The molecule has 2 aromatic carbocycles. The van der Waals surface area contributed by atoms with Crippen LogP contribution < -0.4 is 5.32 Å². The van der Waals surface area contributed by atoms with Crippen LogP contribution in [-0.2, 0) is 27.8 Å². The van der Waals surface area contributed by atoms with Crippen LogP contribution in [0.25, 0.3) is 0 Å². The maximum Gasteiger partial charge on any atom is 0.243 e.